The number of amides is 1. The van der Waals surface area contributed by atoms with Crippen LogP contribution in [0.3, 0.4) is 0 Å². The minimum atomic E-state index is -1.38. The highest BCUT2D eigenvalue weighted by Crippen LogP contribution is 2.19. The fourth-order valence-electron chi connectivity index (χ4n) is 1.97. The van der Waals surface area contributed by atoms with Gasteiger partial charge in [0.2, 0.25) is 0 Å². The van der Waals surface area contributed by atoms with Gasteiger partial charge in [0, 0.05) is 5.56 Å². The van der Waals surface area contributed by atoms with Crippen LogP contribution in [0, 0.1) is 0 Å². The molecule has 1 aromatic rings. The Labute approximate surface area is 110 Å². The van der Waals surface area contributed by atoms with E-state index in [-0.39, 0.29) is 0 Å². The van der Waals surface area contributed by atoms with Gasteiger partial charge in [0.25, 0.3) is 5.91 Å². The molecule has 0 unspecified atom stereocenters. The fraction of sp³-hybridized carbons (Fsp3) is 0.462. The molecule has 0 aromatic heterocycles. The molecule has 0 saturated carbocycles. The van der Waals surface area contributed by atoms with E-state index in [9.17, 15) is 20.1 Å². The third kappa shape index (κ3) is 2.93. The van der Waals surface area contributed by atoms with Crippen molar-refractivity contribution in [3.8, 4) is 0 Å². The van der Waals surface area contributed by atoms with E-state index < -0.39 is 36.6 Å². The molecule has 104 valence electrons. The van der Waals surface area contributed by atoms with Crippen LogP contribution in [0.15, 0.2) is 30.3 Å². The summed E-state index contributed by atoms with van der Waals surface area (Å²) in [5.41, 5.74) is 0.423. The lowest BCUT2D eigenvalue weighted by atomic mass is 9.99. The first-order chi connectivity index (χ1) is 9.00. The summed E-state index contributed by atoms with van der Waals surface area (Å²) < 4.78 is 5.28. The van der Waals surface area contributed by atoms with Gasteiger partial charge in [-0.2, -0.15) is 0 Å². The Morgan fingerprint density at radius 1 is 1.11 bits per heavy atom. The zero-order chi connectivity index (χ0) is 14.0. The third-order valence-electron chi connectivity index (χ3n) is 3.16. The van der Waals surface area contributed by atoms with Gasteiger partial charge in [-0.15, -0.1) is 0 Å². The van der Waals surface area contributed by atoms with Crippen LogP contribution in [-0.2, 0) is 4.74 Å². The van der Waals surface area contributed by atoms with E-state index in [1.54, 1.807) is 37.3 Å². The van der Waals surface area contributed by atoms with Crippen molar-refractivity contribution in [3.05, 3.63) is 35.9 Å². The van der Waals surface area contributed by atoms with Gasteiger partial charge in [-0.25, -0.2) is 0 Å². The number of hydrogen-bond acceptors (Lipinski definition) is 5. The second-order valence-corrected chi connectivity index (χ2v) is 4.57. The molecule has 5 atom stereocenters. The molecule has 2 rings (SSSR count). The van der Waals surface area contributed by atoms with Crippen LogP contribution in [0.5, 0.6) is 0 Å². The lowest BCUT2D eigenvalue weighted by Crippen LogP contribution is -2.61. The number of carbonyl (C=O) groups excluding carboxylic acids is 1. The summed E-state index contributed by atoms with van der Waals surface area (Å²) in [7, 11) is 0. The van der Waals surface area contributed by atoms with Crippen LogP contribution in [0.25, 0.3) is 0 Å². The molecule has 1 heterocycles. The van der Waals surface area contributed by atoms with Crippen LogP contribution in [0.2, 0.25) is 0 Å². The Balaban J connectivity index is 2.05. The molecule has 19 heavy (non-hydrogen) atoms. The summed E-state index contributed by atoms with van der Waals surface area (Å²) in [6.07, 6.45) is -5.65. The Hall–Kier alpha value is -1.47. The second-order valence-electron chi connectivity index (χ2n) is 4.57. The highest BCUT2D eigenvalue weighted by molar-refractivity contribution is 5.94. The smallest absolute Gasteiger partial charge is 0.253 e. The van der Waals surface area contributed by atoms with E-state index in [4.69, 9.17) is 4.74 Å². The van der Waals surface area contributed by atoms with Gasteiger partial charge in [-0.3, -0.25) is 4.79 Å². The molecule has 1 aliphatic heterocycles. The normalized spacial score (nSPS) is 34.8. The van der Waals surface area contributed by atoms with Gasteiger partial charge in [-0.05, 0) is 19.1 Å². The standard InChI is InChI=1S/C13H17NO5/c1-7-9(15)10(16)11(17)13(19-7)14-12(18)8-5-3-2-4-6-8/h2-7,9-11,13,15-17H,1H3,(H,14,18)/t7-,9+,10+,11-,13+/m0/s1. The molecule has 1 amide bonds. The van der Waals surface area contributed by atoms with Crippen LogP contribution < -0.4 is 5.32 Å². The summed E-state index contributed by atoms with van der Waals surface area (Å²) in [6.45, 7) is 1.56. The first-order valence-electron chi connectivity index (χ1n) is 6.06. The molecule has 6 heteroatoms. The van der Waals surface area contributed by atoms with E-state index >= 15 is 0 Å². The van der Waals surface area contributed by atoms with Crippen molar-refractivity contribution >= 4 is 5.91 Å². The maximum absolute atomic E-state index is 11.9. The minimum Gasteiger partial charge on any atom is -0.388 e. The molecular weight excluding hydrogens is 250 g/mol. The van der Waals surface area contributed by atoms with E-state index in [0.717, 1.165) is 0 Å². The predicted octanol–water partition coefficient (Wildman–Crippen LogP) is -0.756. The van der Waals surface area contributed by atoms with Crippen molar-refractivity contribution < 1.29 is 24.9 Å². The number of aliphatic hydroxyl groups is 3. The number of benzene rings is 1. The Morgan fingerprint density at radius 2 is 1.74 bits per heavy atom. The van der Waals surface area contributed by atoms with E-state index in [2.05, 4.69) is 5.32 Å². The largest absolute Gasteiger partial charge is 0.388 e. The first kappa shape index (κ1) is 14.0. The van der Waals surface area contributed by atoms with Crippen molar-refractivity contribution in [1.82, 2.24) is 5.32 Å². The average Bonchev–Trinajstić information content (AvgIpc) is 2.43. The van der Waals surface area contributed by atoms with Gasteiger partial charge >= 0.3 is 0 Å². The third-order valence-corrected chi connectivity index (χ3v) is 3.16. The van der Waals surface area contributed by atoms with Gasteiger partial charge in [-0.1, -0.05) is 18.2 Å². The number of ether oxygens (including phenoxy) is 1. The van der Waals surface area contributed by atoms with Gasteiger partial charge in [0.15, 0.2) is 6.23 Å². The summed E-state index contributed by atoms with van der Waals surface area (Å²) in [6, 6.07) is 8.46. The fourth-order valence-corrected chi connectivity index (χ4v) is 1.97. The van der Waals surface area contributed by atoms with Crippen molar-refractivity contribution in [3.63, 3.8) is 0 Å². The SMILES string of the molecule is C[C@@H]1O[C@@H](NC(=O)c2ccccc2)[C@@H](O)[C@H](O)[C@@H]1O. The number of nitrogens with one attached hydrogen (secondary N) is 1. The van der Waals surface area contributed by atoms with E-state index in [1.807, 2.05) is 0 Å². The lowest BCUT2D eigenvalue weighted by molar-refractivity contribution is -0.221. The predicted molar refractivity (Wildman–Crippen MR) is 66.3 cm³/mol. The summed E-state index contributed by atoms with van der Waals surface area (Å²) in [4.78, 5) is 11.9. The van der Waals surface area contributed by atoms with Crippen LogP contribution in [-0.4, -0.2) is 51.9 Å². The molecule has 0 bridgehead atoms. The van der Waals surface area contributed by atoms with E-state index in [0.29, 0.717) is 5.56 Å². The van der Waals surface area contributed by atoms with Gasteiger partial charge in [0.1, 0.15) is 18.3 Å². The van der Waals surface area contributed by atoms with Crippen molar-refractivity contribution in [2.24, 2.45) is 0 Å². The lowest BCUT2D eigenvalue weighted by Gasteiger charge is -2.39. The first-order valence-corrected chi connectivity index (χ1v) is 6.06. The van der Waals surface area contributed by atoms with Crippen molar-refractivity contribution in [2.75, 3.05) is 0 Å². The number of carbonyl (C=O) groups is 1. The zero-order valence-electron chi connectivity index (χ0n) is 10.4. The Morgan fingerprint density at radius 3 is 2.37 bits per heavy atom. The molecule has 0 spiro atoms. The Kier molecular flexibility index (Phi) is 4.16. The minimum absolute atomic E-state index is 0.416. The zero-order valence-corrected chi connectivity index (χ0v) is 10.4. The maximum Gasteiger partial charge on any atom is 0.253 e. The van der Waals surface area contributed by atoms with Crippen LogP contribution in [0.1, 0.15) is 17.3 Å². The molecule has 4 N–H and O–H groups in total. The summed E-state index contributed by atoms with van der Waals surface area (Å²) >= 11 is 0. The van der Waals surface area contributed by atoms with Crippen LogP contribution in [0.4, 0.5) is 0 Å². The molecule has 6 nitrogen and oxygen atoms in total. The number of rotatable bonds is 2. The molecule has 1 aromatic carbocycles. The number of aliphatic hydroxyl groups excluding tert-OH is 3. The molecule has 1 aliphatic rings. The van der Waals surface area contributed by atoms with Crippen molar-refractivity contribution in [2.45, 2.75) is 37.6 Å². The highest BCUT2D eigenvalue weighted by Gasteiger charge is 2.42. The molecule has 0 radical (unpaired) electrons. The van der Waals surface area contributed by atoms with Crippen molar-refractivity contribution in [1.29, 1.82) is 0 Å². The molecule has 1 saturated heterocycles. The quantitative estimate of drug-likeness (QED) is 0.565. The van der Waals surface area contributed by atoms with Gasteiger partial charge < -0.3 is 25.4 Å². The van der Waals surface area contributed by atoms with Gasteiger partial charge in [0.05, 0.1) is 6.10 Å². The highest BCUT2D eigenvalue weighted by atomic mass is 16.5. The average molecular weight is 267 g/mol. The molecule has 1 fully saturated rings. The number of hydrogen-bond donors (Lipinski definition) is 4. The summed E-state index contributed by atoms with van der Waals surface area (Å²) in [5, 5.41) is 31.4. The topological polar surface area (TPSA) is 99.0 Å². The molecule has 0 aliphatic carbocycles. The van der Waals surface area contributed by atoms with E-state index in [1.165, 1.54) is 0 Å². The second kappa shape index (κ2) is 5.66. The maximum atomic E-state index is 11.9. The summed E-state index contributed by atoms with van der Waals surface area (Å²) in [5.74, 6) is -0.416. The van der Waals surface area contributed by atoms with Crippen LogP contribution >= 0.6 is 0 Å². The molecular formula is C13H17NO5. The Bertz CT molecular complexity index is 438. The monoisotopic (exact) mass is 267 g/mol.